The van der Waals surface area contributed by atoms with E-state index in [0.29, 0.717) is 24.6 Å². The molecule has 1 aliphatic heterocycles. The number of hydrogen-bond acceptors (Lipinski definition) is 7. The first kappa shape index (κ1) is 22.3. The lowest BCUT2D eigenvalue weighted by molar-refractivity contribution is 0.0293. The summed E-state index contributed by atoms with van der Waals surface area (Å²) in [6.45, 7) is 8.61. The zero-order valence-corrected chi connectivity index (χ0v) is 18.7. The highest BCUT2D eigenvalue weighted by molar-refractivity contribution is 6.38. The first-order chi connectivity index (χ1) is 14.7. The number of carbonyl (C=O) groups excluding carboxylic acids is 1. The van der Waals surface area contributed by atoms with Crippen LogP contribution in [-0.2, 0) is 4.74 Å². The van der Waals surface area contributed by atoms with Gasteiger partial charge in [-0.3, -0.25) is 4.99 Å². The number of benzene rings is 1. The van der Waals surface area contributed by atoms with Gasteiger partial charge in [-0.25, -0.2) is 9.78 Å². The van der Waals surface area contributed by atoms with Crippen LogP contribution in [0, 0.1) is 6.92 Å². The van der Waals surface area contributed by atoms with Gasteiger partial charge in [-0.05, 0) is 46.2 Å². The fourth-order valence-electron chi connectivity index (χ4n) is 3.32. The number of imidazole rings is 1. The molecule has 1 amide bonds. The van der Waals surface area contributed by atoms with Gasteiger partial charge in [0, 0.05) is 31.1 Å². The summed E-state index contributed by atoms with van der Waals surface area (Å²) in [5, 5.41) is 3.89. The van der Waals surface area contributed by atoms with Gasteiger partial charge in [-0.15, -0.1) is 0 Å². The summed E-state index contributed by atoms with van der Waals surface area (Å²) < 4.78 is 12.9. The molecule has 1 saturated heterocycles. The summed E-state index contributed by atoms with van der Waals surface area (Å²) in [7, 11) is 1.61. The van der Waals surface area contributed by atoms with Crippen LogP contribution in [0.2, 0.25) is 0 Å². The molecule has 0 radical (unpaired) electrons. The molecule has 0 saturated carbocycles. The van der Waals surface area contributed by atoms with Crippen molar-refractivity contribution in [3.63, 3.8) is 0 Å². The van der Waals surface area contributed by atoms with E-state index in [1.54, 1.807) is 24.6 Å². The van der Waals surface area contributed by atoms with Crippen molar-refractivity contribution in [1.82, 2.24) is 14.5 Å². The molecule has 1 aliphatic rings. The minimum atomic E-state index is -0.515. The molecule has 1 aromatic heterocycles. The fourth-order valence-corrected chi connectivity index (χ4v) is 3.32. The van der Waals surface area contributed by atoms with Gasteiger partial charge in [-0.1, -0.05) is 6.07 Å². The number of methoxy groups -OCH3 is 1. The maximum Gasteiger partial charge on any atom is 0.410 e. The normalized spacial score (nSPS) is 17.4. The zero-order valence-electron chi connectivity index (χ0n) is 18.7. The molecule has 166 valence electrons. The lowest BCUT2D eigenvalue weighted by Crippen LogP contribution is -2.35. The lowest BCUT2D eigenvalue weighted by atomic mass is 10.1. The molecular formula is C22H30N6O3. The van der Waals surface area contributed by atoms with Gasteiger partial charge < -0.3 is 24.8 Å². The van der Waals surface area contributed by atoms with Crippen LogP contribution in [0.1, 0.15) is 38.4 Å². The van der Waals surface area contributed by atoms with Gasteiger partial charge in [0.05, 0.1) is 30.9 Å². The van der Waals surface area contributed by atoms with E-state index in [4.69, 9.17) is 15.3 Å². The first-order valence-electron chi connectivity index (χ1n) is 10.2. The minimum absolute atomic E-state index is 0.0284. The molecule has 1 fully saturated rings. The molecule has 2 heterocycles. The maximum absolute atomic E-state index is 12.2. The number of hydrogen-bond donors (Lipinski definition) is 1. The number of likely N-dealkylation sites (tertiary alicyclic amines) is 1. The molecule has 2 N–H and O–H groups in total. The highest BCUT2D eigenvalue weighted by Gasteiger charge is 2.29. The summed E-state index contributed by atoms with van der Waals surface area (Å²) in [4.78, 5) is 22.8. The second kappa shape index (κ2) is 9.20. The molecule has 1 atom stereocenters. The first-order valence-corrected chi connectivity index (χ1v) is 10.2. The number of aliphatic imine (C=N–C) groups is 1. The third kappa shape index (κ3) is 5.62. The Hall–Kier alpha value is -3.36. The number of amides is 1. The fraction of sp³-hybridized carbons (Fsp3) is 0.455. The molecule has 9 nitrogen and oxygen atoms in total. The molecule has 31 heavy (non-hydrogen) atoms. The van der Waals surface area contributed by atoms with Crippen molar-refractivity contribution in [1.29, 1.82) is 0 Å². The topological polar surface area (TPSA) is 107 Å². The van der Waals surface area contributed by atoms with E-state index >= 15 is 0 Å². The summed E-state index contributed by atoms with van der Waals surface area (Å²) >= 11 is 0. The van der Waals surface area contributed by atoms with Gasteiger partial charge in [0.2, 0.25) is 0 Å². The molecule has 0 bridgehead atoms. The predicted molar refractivity (Wildman–Crippen MR) is 120 cm³/mol. The lowest BCUT2D eigenvalue weighted by Gasteiger charge is -2.24. The molecule has 2 aromatic rings. The number of nitrogens with zero attached hydrogens (tertiary/aromatic N) is 5. The van der Waals surface area contributed by atoms with E-state index < -0.39 is 5.60 Å². The molecule has 1 unspecified atom stereocenters. The van der Waals surface area contributed by atoms with Crippen LogP contribution >= 0.6 is 0 Å². The second-order valence-electron chi connectivity index (χ2n) is 8.47. The highest BCUT2D eigenvalue weighted by atomic mass is 16.6. The number of hydrazone groups is 1. The Labute approximate surface area is 182 Å². The molecular weight excluding hydrogens is 396 g/mol. The van der Waals surface area contributed by atoms with Gasteiger partial charge in [0.25, 0.3) is 0 Å². The quantitative estimate of drug-likeness (QED) is 0.449. The highest BCUT2D eigenvalue weighted by Crippen LogP contribution is 2.25. The summed E-state index contributed by atoms with van der Waals surface area (Å²) in [5.74, 6) is 6.30. The van der Waals surface area contributed by atoms with Gasteiger partial charge in [-0.2, -0.15) is 5.10 Å². The molecule has 3 rings (SSSR count). The van der Waals surface area contributed by atoms with Gasteiger partial charge >= 0.3 is 6.09 Å². The Kier molecular flexibility index (Phi) is 6.62. The Bertz CT molecular complexity index is 989. The Morgan fingerprint density at radius 3 is 2.74 bits per heavy atom. The SMILES string of the molecule is COc1cc(/C(C=NC2CCN(C(=O)OC(C)(C)C)C2)=N/N)ccc1-n1cnc(C)c1. The summed E-state index contributed by atoms with van der Waals surface area (Å²) in [6, 6.07) is 5.67. The van der Waals surface area contributed by atoms with E-state index in [-0.39, 0.29) is 12.1 Å². The van der Waals surface area contributed by atoms with Crippen molar-refractivity contribution in [2.75, 3.05) is 20.2 Å². The van der Waals surface area contributed by atoms with Crippen molar-refractivity contribution in [3.8, 4) is 11.4 Å². The van der Waals surface area contributed by atoms with Crippen LogP contribution in [0.5, 0.6) is 5.75 Å². The van der Waals surface area contributed by atoms with Crippen molar-refractivity contribution in [3.05, 3.63) is 42.0 Å². The number of ether oxygens (including phenoxy) is 2. The van der Waals surface area contributed by atoms with Crippen molar-refractivity contribution >= 4 is 18.0 Å². The van der Waals surface area contributed by atoms with Crippen LogP contribution < -0.4 is 10.6 Å². The monoisotopic (exact) mass is 426 g/mol. The number of nitrogens with two attached hydrogens (primary N) is 1. The number of aromatic nitrogens is 2. The minimum Gasteiger partial charge on any atom is -0.495 e. The van der Waals surface area contributed by atoms with E-state index in [2.05, 4.69) is 15.1 Å². The summed E-state index contributed by atoms with van der Waals surface area (Å²) in [6.07, 6.45) is 5.76. The summed E-state index contributed by atoms with van der Waals surface area (Å²) in [5.41, 5.74) is 2.58. The Morgan fingerprint density at radius 2 is 2.13 bits per heavy atom. The Morgan fingerprint density at radius 1 is 1.35 bits per heavy atom. The van der Waals surface area contributed by atoms with Gasteiger partial charge in [0.15, 0.2) is 0 Å². The number of aryl methyl sites for hydroxylation is 1. The van der Waals surface area contributed by atoms with Crippen molar-refractivity contribution < 1.29 is 14.3 Å². The van der Waals surface area contributed by atoms with Gasteiger partial charge in [0.1, 0.15) is 17.1 Å². The maximum atomic E-state index is 12.2. The van der Waals surface area contributed by atoms with E-state index in [0.717, 1.165) is 23.4 Å². The van der Waals surface area contributed by atoms with Crippen LogP contribution in [0.3, 0.4) is 0 Å². The largest absolute Gasteiger partial charge is 0.495 e. The average Bonchev–Trinajstić information content (AvgIpc) is 3.36. The van der Waals surface area contributed by atoms with Crippen LogP contribution in [-0.4, -0.2) is 64.3 Å². The average molecular weight is 427 g/mol. The standard InChI is InChI=1S/C22H30N6O3/c1-15-12-28(14-25-15)19-7-6-16(10-20(19)30-5)18(26-23)11-24-17-8-9-27(13-17)21(29)31-22(2,3)4/h6-7,10-12,14,17H,8-9,13,23H2,1-5H3/b24-11?,26-18+. The molecule has 0 aliphatic carbocycles. The number of carbonyl (C=O) groups is 1. The second-order valence-corrected chi connectivity index (χ2v) is 8.47. The number of rotatable bonds is 5. The van der Waals surface area contributed by atoms with Crippen LogP contribution in [0.15, 0.2) is 40.8 Å². The van der Waals surface area contributed by atoms with E-state index in [9.17, 15) is 4.79 Å². The van der Waals surface area contributed by atoms with Crippen LogP contribution in [0.25, 0.3) is 5.69 Å². The molecule has 9 heteroatoms. The van der Waals surface area contributed by atoms with Crippen molar-refractivity contribution in [2.45, 2.75) is 45.8 Å². The third-order valence-electron chi connectivity index (χ3n) is 4.83. The van der Waals surface area contributed by atoms with Crippen molar-refractivity contribution in [2.24, 2.45) is 15.9 Å². The van der Waals surface area contributed by atoms with E-state index in [1.165, 1.54) is 0 Å². The zero-order chi connectivity index (χ0) is 22.6. The van der Waals surface area contributed by atoms with E-state index in [1.807, 2.05) is 56.7 Å². The predicted octanol–water partition coefficient (Wildman–Crippen LogP) is 2.93. The smallest absolute Gasteiger partial charge is 0.410 e. The Balaban J connectivity index is 1.70. The molecule has 0 spiro atoms. The molecule has 1 aromatic carbocycles. The van der Waals surface area contributed by atoms with Crippen LogP contribution in [0.4, 0.5) is 4.79 Å². The third-order valence-corrected chi connectivity index (χ3v) is 4.83.